The fraction of sp³-hybridized carbons (Fsp3) is 0.200. The van der Waals surface area contributed by atoms with E-state index in [4.69, 9.17) is 10.00 Å². The molecule has 0 fully saturated rings. The average molecular weight is 320 g/mol. The predicted molar refractivity (Wildman–Crippen MR) is 96.3 cm³/mol. The monoisotopic (exact) mass is 320 g/mol. The second-order valence-electron chi connectivity index (χ2n) is 5.60. The van der Waals surface area contributed by atoms with E-state index in [1.807, 2.05) is 61.5 Å². The van der Waals surface area contributed by atoms with Gasteiger partial charge in [0.25, 0.3) is 0 Å². The van der Waals surface area contributed by atoms with E-state index in [0.29, 0.717) is 11.3 Å². The van der Waals surface area contributed by atoms with E-state index >= 15 is 0 Å². The zero-order chi connectivity index (χ0) is 17.5. The summed E-state index contributed by atoms with van der Waals surface area (Å²) < 4.78 is 5.39. The molecule has 0 N–H and O–H groups in total. The Bertz CT molecular complexity index is 754. The summed E-state index contributed by atoms with van der Waals surface area (Å²) in [6.45, 7) is 1.69. The maximum absolute atomic E-state index is 12.2. The second-order valence-corrected chi connectivity index (χ2v) is 5.60. The van der Waals surface area contributed by atoms with Crippen LogP contribution in [0.25, 0.3) is 6.08 Å². The molecule has 2 aromatic rings. The molecular formula is C20H20N2O2. The molecule has 0 aliphatic rings. The fourth-order valence-corrected chi connectivity index (χ4v) is 2.08. The highest BCUT2D eigenvalue weighted by Gasteiger charge is 2.03. The summed E-state index contributed by atoms with van der Waals surface area (Å²) in [5, 5.41) is 8.73. The molecule has 0 bridgehead atoms. The van der Waals surface area contributed by atoms with Gasteiger partial charge in [-0.05, 0) is 55.0 Å². The average Bonchev–Trinajstić information content (AvgIpc) is 2.60. The van der Waals surface area contributed by atoms with E-state index in [1.165, 1.54) is 0 Å². The quantitative estimate of drug-likeness (QED) is 0.597. The van der Waals surface area contributed by atoms with E-state index in [-0.39, 0.29) is 5.78 Å². The lowest BCUT2D eigenvalue weighted by molar-refractivity contribution is 0.104. The summed E-state index contributed by atoms with van der Waals surface area (Å²) in [7, 11) is 3.92. The van der Waals surface area contributed by atoms with Crippen molar-refractivity contribution in [3.05, 3.63) is 65.7 Å². The van der Waals surface area contributed by atoms with Crippen molar-refractivity contribution in [2.45, 2.75) is 13.0 Å². The highest BCUT2D eigenvalue weighted by atomic mass is 16.5. The van der Waals surface area contributed by atoms with Crippen LogP contribution in [-0.4, -0.2) is 26.0 Å². The van der Waals surface area contributed by atoms with Gasteiger partial charge in [0.05, 0.1) is 0 Å². The van der Waals surface area contributed by atoms with Gasteiger partial charge in [-0.2, -0.15) is 5.26 Å². The van der Waals surface area contributed by atoms with Crippen LogP contribution < -0.4 is 9.64 Å². The maximum atomic E-state index is 12.2. The Kier molecular flexibility index (Phi) is 5.75. The maximum Gasteiger partial charge on any atom is 0.185 e. The minimum atomic E-state index is -0.488. The number of benzene rings is 2. The van der Waals surface area contributed by atoms with Crippen molar-refractivity contribution in [3.63, 3.8) is 0 Å². The number of carbonyl (C=O) groups excluding carboxylic acids is 1. The molecule has 4 nitrogen and oxygen atoms in total. The zero-order valence-corrected chi connectivity index (χ0v) is 14.1. The van der Waals surface area contributed by atoms with Crippen LogP contribution in [-0.2, 0) is 0 Å². The van der Waals surface area contributed by atoms with Gasteiger partial charge in [0.2, 0.25) is 0 Å². The minimum absolute atomic E-state index is 0.0428. The van der Waals surface area contributed by atoms with Crippen molar-refractivity contribution < 1.29 is 9.53 Å². The van der Waals surface area contributed by atoms with Gasteiger partial charge >= 0.3 is 0 Å². The van der Waals surface area contributed by atoms with Gasteiger partial charge in [0.15, 0.2) is 11.9 Å². The van der Waals surface area contributed by atoms with E-state index in [9.17, 15) is 4.79 Å². The number of hydrogen-bond acceptors (Lipinski definition) is 4. The molecule has 24 heavy (non-hydrogen) atoms. The summed E-state index contributed by atoms with van der Waals surface area (Å²) >= 11 is 0. The van der Waals surface area contributed by atoms with E-state index in [2.05, 4.69) is 0 Å². The third-order valence-corrected chi connectivity index (χ3v) is 3.47. The number of nitriles is 1. The summed E-state index contributed by atoms with van der Waals surface area (Å²) in [6.07, 6.45) is 2.83. The molecule has 0 unspecified atom stereocenters. The van der Waals surface area contributed by atoms with Gasteiger partial charge in [0, 0.05) is 25.3 Å². The second kappa shape index (κ2) is 7.98. The molecule has 0 heterocycles. The number of anilines is 1. The molecule has 0 saturated carbocycles. The van der Waals surface area contributed by atoms with Crippen LogP contribution in [0.5, 0.6) is 5.75 Å². The molecule has 0 spiro atoms. The summed E-state index contributed by atoms with van der Waals surface area (Å²) in [4.78, 5) is 14.2. The fourth-order valence-electron chi connectivity index (χ4n) is 2.08. The molecule has 122 valence electrons. The van der Waals surface area contributed by atoms with Gasteiger partial charge in [-0.25, -0.2) is 0 Å². The molecule has 2 aromatic carbocycles. The number of hydrogen-bond donors (Lipinski definition) is 0. The van der Waals surface area contributed by atoms with Crippen molar-refractivity contribution in [2.24, 2.45) is 0 Å². The van der Waals surface area contributed by atoms with Crippen LogP contribution in [0.15, 0.2) is 54.6 Å². The molecule has 0 saturated heterocycles. The molecule has 1 atom stereocenters. The van der Waals surface area contributed by atoms with Crippen molar-refractivity contribution in [2.75, 3.05) is 19.0 Å². The smallest absolute Gasteiger partial charge is 0.185 e. The number of rotatable bonds is 6. The lowest BCUT2D eigenvalue weighted by Crippen LogP contribution is -2.08. The van der Waals surface area contributed by atoms with Gasteiger partial charge in [0.1, 0.15) is 11.8 Å². The van der Waals surface area contributed by atoms with E-state index in [1.54, 1.807) is 31.2 Å². The molecular weight excluding hydrogens is 300 g/mol. The standard InChI is InChI=1S/C20H20N2O2/c1-15(14-21)24-19-11-4-16(5-12-19)6-13-20(23)17-7-9-18(10-8-17)22(2)3/h4-13,15H,1-3H3/b13-6-/t15-/m1/s1. The Morgan fingerprint density at radius 2 is 1.75 bits per heavy atom. The van der Waals surface area contributed by atoms with Crippen LogP contribution in [0.2, 0.25) is 0 Å². The Balaban J connectivity index is 2.02. The third-order valence-electron chi connectivity index (χ3n) is 3.47. The Hall–Kier alpha value is -3.06. The van der Waals surface area contributed by atoms with E-state index in [0.717, 1.165) is 11.3 Å². The molecule has 0 aliphatic carbocycles. The summed E-state index contributed by atoms with van der Waals surface area (Å²) in [5.41, 5.74) is 2.60. The largest absolute Gasteiger partial charge is 0.476 e. The molecule has 0 amide bonds. The molecule has 0 aromatic heterocycles. The highest BCUT2D eigenvalue weighted by molar-refractivity contribution is 6.06. The van der Waals surface area contributed by atoms with E-state index < -0.39 is 6.10 Å². The topological polar surface area (TPSA) is 53.3 Å². The normalized spacial score (nSPS) is 11.8. The van der Waals surface area contributed by atoms with Gasteiger partial charge < -0.3 is 9.64 Å². The first kappa shape index (κ1) is 17.3. The van der Waals surface area contributed by atoms with Gasteiger partial charge in [-0.1, -0.05) is 18.2 Å². The predicted octanol–water partition coefficient (Wildman–Crippen LogP) is 3.94. The van der Waals surface area contributed by atoms with Crippen molar-refractivity contribution in [1.29, 1.82) is 5.26 Å². The minimum Gasteiger partial charge on any atom is -0.476 e. The Labute approximate surface area is 142 Å². The lowest BCUT2D eigenvalue weighted by Gasteiger charge is -2.11. The molecule has 2 rings (SSSR count). The molecule has 0 radical (unpaired) electrons. The van der Waals surface area contributed by atoms with Crippen LogP contribution in [0, 0.1) is 11.3 Å². The first-order valence-electron chi connectivity index (χ1n) is 7.66. The summed E-state index contributed by atoms with van der Waals surface area (Å²) in [6, 6.07) is 16.8. The molecule has 0 aliphatic heterocycles. The molecule has 4 heteroatoms. The first-order chi connectivity index (χ1) is 11.5. The van der Waals surface area contributed by atoms with Crippen LogP contribution >= 0.6 is 0 Å². The number of nitrogens with zero attached hydrogens (tertiary/aromatic N) is 2. The van der Waals surface area contributed by atoms with Crippen molar-refractivity contribution in [1.82, 2.24) is 0 Å². The van der Waals surface area contributed by atoms with Crippen LogP contribution in [0.4, 0.5) is 5.69 Å². The van der Waals surface area contributed by atoms with Crippen LogP contribution in [0.1, 0.15) is 22.8 Å². The summed E-state index contributed by atoms with van der Waals surface area (Å²) in [5.74, 6) is 0.588. The number of carbonyl (C=O) groups is 1. The van der Waals surface area contributed by atoms with Crippen molar-refractivity contribution >= 4 is 17.5 Å². The Morgan fingerprint density at radius 1 is 1.12 bits per heavy atom. The highest BCUT2D eigenvalue weighted by Crippen LogP contribution is 2.16. The van der Waals surface area contributed by atoms with Gasteiger partial charge in [-0.15, -0.1) is 0 Å². The SMILES string of the molecule is C[C@H](C#N)Oc1ccc(/C=C\C(=O)c2ccc(N(C)C)cc2)cc1. The van der Waals surface area contributed by atoms with Gasteiger partial charge in [-0.3, -0.25) is 4.79 Å². The number of allylic oxidation sites excluding steroid dienone is 1. The Morgan fingerprint density at radius 3 is 2.29 bits per heavy atom. The van der Waals surface area contributed by atoms with Crippen LogP contribution in [0.3, 0.4) is 0 Å². The lowest BCUT2D eigenvalue weighted by atomic mass is 10.1. The zero-order valence-electron chi connectivity index (χ0n) is 14.1. The third kappa shape index (κ3) is 4.72. The number of ether oxygens (including phenoxy) is 1. The van der Waals surface area contributed by atoms with Crippen molar-refractivity contribution in [3.8, 4) is 11.8 Å². The first-order valence-corrected chi connectivity index (χ1v) is 7.66. The number of ketones is 1.